The molecule has 2 aromatic rings. The molecule has 2 unspecified atom stereocenters. The number of anilines is 2. The molecule has 0 aliphatic carbocycles. The van der Waals surface area contributed by atoms with Crippen LogP contribution in [0.3, 0.4) is 0 Å². The number of pyridine rings is 1. The van der Waals surface area contributed by atoms with Gasteiger partial charge >= 0.3 is 18.4 Å². The predicted molar refractivity (Wildman–Crippen MR) is 137 cm³/mol. The quantitative estimate of drug-likeness (QED) is 0.355. The molecule has 0 saturated heterocycles. The van der Waals surface area contributed by atoms with Crippen LogP contribution in [0.1, 0.15) is 69.0 Å². The first-order valence-corrected chi connectivity index (χ1v) is 12.7. The summed E-state index contributed by atoms with van der Waals surface area (Å²) in [5.74, 6) is -0.0927. The van der Waals surface area contributed by atoms with Crippen molar-refractivity contribution >= 4 is 23.5 Å². The smallest absolute Gasteiger partial charge is 0.416 e. The maximum absolute atomic E-state index is 13.5. The molecule has 1 aliphatic rings. The van der Waals surface area contributed by atoms with Crippen molar-refractivity contribution in [3.63, 3.8) is 0 Å². The van der Waals surface area contributed by atoms with Gasteiger partial charge in [0.15, 0.2) is 0 Å². The Morgan fingerprint density at radius 2 is 1.62 bits per heavy atom. The van der Waals surface area contributed by atoms with E-state index in [2.05, 4.69) is 4.98 Å². The van der Waals surface area contributed by atoms with Crippen LogP contribution in [0.4, 0.5) is 42.6 Å². The average Bonchev–Trinajstić information content (AvgIpc) is 2.84. The summed E-state index contributed by atoms with van der Waals surface area (Å²) in [4.78, 5) is 35.0. The molecule has 13 heteroatoms. The maximum Gasteiger partial charge on any atom is 0.416 e. The highest BCUT2D eigenvalue weighted by Crippen LogP contribution is 2.43. The third kappa shape index (κ3) is 6.79. The molecule has 40 heavy (non-hydrogen) atoms. The number of carbonyl (C=O) groups is 2. The van der Waals surface area contributed by atoms with Gasteiger partial charge in [0.25, 0.3) is 0 Å². The van der Waals surface area contributed by atoms with E-state index in [9.17, 15) is 35.9 Å². The highest BCUT2D eigenvalue weighted by atomic mass is 19.4. The zero-order valence-corrected chi connectivity index (χ0v) is 23.0. The molecule has 2 heterocycles. The average molecular weight is 575 g/mol. The van der Waals surface area contributed by atoms with Crippen molar-refractivity contribution in [2.24, 2.45) is 0 Å². The fourth-order valence-electron chi connectivity index (χ4n) is 4.70. The second-order valence-corrected chi connectivity index (χ2v) is 10.1. The second-order valence-electron chi connectivity index (χ2n) is 10.1. The number of amides is 2. The van der Waals surface area contributed by atoms with E-state index in [0.717, 1.165) is 0 Å². The van der Waals surface area contributed by atoms with E-state index >= 15 is 0 Å². The molecular formula is C27H32F6N4O3. The van der Waals surface area contributed by atoms with Gasteiger partial charge in [-0.05, 0) is 62.6 Å². The van der Waals surface area contributed by atoms with Crippen molar-refractivity contribution in [2.45, 2.75) is 77.6 Å². The molecule has 3 rings (SSSR count). The SMILES string of the molecule is CCC1CC(N(Cc2cc(C(F)(F)F)cc(C(F)(F)F)c2)C(C)=O)c2nc(N(C)C)ccc2N1C(=O)OC(C)C. The monoisotopic (exact) mass is 574 g/mol. The van der Waals surface area contributed by atoms with Crippen LogP contribution in [0, 0.1) is 0 Å². The van der Waals surface area contributed by atoms with Crippen LogP contribution in [-0.2, 0) is 28.4 Å². The molecule has 0 spiro atoms. The Hall–Kier alpha value is -3.51. The summed E-state index contributed by atoms with van der Waals surface area (Å²) in [6.45, 7) is 5.87. The van der Waals surface area contributed by atoms with Gasteiger partial charge in [-0.1, -0.05) is 6.92 Å². The zero-order chi connectivity index (χ0) is 30.2. The van der Waals surface area contributed by atoms with Crippen LogP contribution in [-0.4, -0.2) is 48.1 Å². The molecule has 1 aliphatic heterocycles. The van der Waals surface area contributed by atoms with Gasteiger partial charge in [0.05, 0.1) is 34.7 Å². The first kappa shape index (κ1) is 31.0. The molecule has 1 aromatic carbocycles. The molecule has 0 bridgehead atoms. The van der Waals surface area contributed by atoms with E-state index in [0.29, 0.717) is 30.1 Å². The highest BCUT2D eigenvalue weighted by Gasteiger charge is 2.42. The largest absolute Gasteiger partial charge is 0.446 e. The summed E-state index contributed by atoms with van der Waals surface area (Å²) in [5, 5.41) is 0. The van der Waals surface area contributed by atoms with E-state index in [1.165, 1.54) is 16.7 Å². The summed E-state index contributed by atoms with van der Waals surface area (Å²) in [6, 6.07) is 3.27. The Kier molecular flexibility index (Phi) is 8.95. The van der Waals surface area contributed by atoms with Crippen LogP contribution in [0.2, 0.25) is 0 Å². The first-order valence-electron chi connectivity index (χ1n) is 12.7. The van der Waals surface area contributed by atoms with Crippen LogP contribution < -0.4 is 9.80 Å². The minimum atomic E-state index is -5.03. The lowest BCUT2D eigenvalue weighted by atomic mass is 9.91. The Bertz CT molecular complexity index is 1210. The summed E-state index contributed by atoms with van der Waals surface area (Å²) in [5.41, 5.74) is -2.63. The van der Waals surface area contributed by atoms with Crippen molar-refractivity contribution in [1.29, 1.82) is 0 Å². The zero-order valence-electron chi connectivity index (χ0n) is 23.0. The van der Waals surface area contributed by atoms with E-state index in [-0.39, 0.29) is 23.7 Å². The topological polar surface area (TPSA) is 66.0 Å². The second kappa shape index (κ2) is 11.5. The molecule has 1 aromatic heterocycles. The van der Waals surface area contributed by atoms with Gasteiger partial charge in [0, 0.05) is 33.6 Å². The number of benzene rings is 1. The number of fused-ring (bicyclic) bond motifs is 1. The molecule has 0 N–H and O–H groups in total. The number of hydrogen-bond donors (Lipinski definition) is 0. The third-order valence-electron chi connectivity index (χ3n) is 6.57. The lowest BCUT2D eigenvalue weighted by molar-refractivity contribution is -0.143. The van der Waals surface area contributed by atoms with E-state index in [1.54, 1.807) is 45.0 Å². The van der Waals surface area contributed by atoms with Crippen LogP contribution in [0.25, 0.3) is 0 Å². The Morgan fingerprint density at radius 1 is 1.05 bits per heavy atom. The highest BCUT2D eigenvalue weighted by molar-refractivity contribution is 5.90. The lowest BCUT2D eigenvalue weighted by Crippen LogP contribution is -2.49. The molecule has 220 valence electrons. The number of hydrogen-bond acceptors (Lipinski definition) is 5. The number of alkyl halides is 6. The number of carbonyl (C=O) groups excluding carboxylic acids is 2. The van der Waals surface area contributed by atoms with Gasteiger partial charge in [0.1, 0.15) is 5.82 Å². The number of ether oxygens (including phenoxy) is 1. The Labute approximate surface area is 228 Å². The summed E-state index contributed by atoms with van der Waals surface area (Å²) < 4.78 is 86.4. The van der Waals surface area contributed by atoms with Crippen molar-refractivity contribution in [3.05, 3.63) is 52.7 Å². The van der Waals surface area contributed by atoms with Gasteiger partial charge < -0.3 is 14.5 Å². The summed E-state index contributed by atoms with van der Waals surface area (Å²) >= 11 is 0. The van der Waals surface area contributed by atoms with Gasteiger partial charge in [-0.25, -0.2) is 9.78 Å². The van der Waals surface area contributed by atoms with Crippen LogP contribution in [0.5, 0.6) is 0 Å². The minimum Gasteiger partial charge on any atom is -0.446 e. The fourth-order valence-corrected chi connectivity index (χ4v) is 4.70. The summed E-state index contributed by atoms with van der Waals surface area (Å²) in [6.07, 6.45) is -10.5. The lowest BCUT2D eigenvalue weighted by Gasteiger charge is -2.43. The molecular weight excluding hydrogens is 542 g/mol. The van der Waals surface area contributed by atoms with Crippen molar-refractivity contribution in [1.82, 2.24) is 9.88 Å². The maximum atomic E-state index is 13.5. The van der Waals surface area contributed by atoms with Crippen LogP contribution >= 0.6 is 0 Å². The van der Waals surface area contributed by atoms with Gasteiger partial charge in [0.2, 0.25) is 5.91 Å². The van der Waals surface area contributed by atoms with Crippen molar-refractivity contribution < 1.29 is 40.7 Å². The van der Waals surface area contributed by atoms with Gasteiger partial charge in [-0.2, -0.15) is 26.3 Å². The number of nitrogens with zero attached hydrogens (tertiary/aromatic N) is 4. The van der Waals surface area contributed by atoms with E-state index < -0.39 is 60.2 Å². The van der Waals surface area contributed by atoms with E-state index in [1.807, 2.05) is 6.92 Å². The van der Waals surface area contributed by atoms with Gasteiger partial charge in [-0.15, -0.1) is 0 Å². The summed E-state index contributed by atoms with van der Waals surface area (Å²) in [7, 11) is 3.46. The fraction of sp³-hybridized carbons (Fsp3) is 0.519. The Balaban J connectivity index is 2.17. The molecule has 0 saturated carbocycles. The number of rotatable bonds is 6. The molecule has 2 atom stereocenters. The number of halogens is 6. The normalized spacial score (nSPS) is 17.5. The van der Waals surface area contributed by atoms with E-state index in [4.69, 9.17) is 4.74 Å². The van der Waals surface area contributed by atoms with Crippen molar-refractivity contribution in [3.8, 4) is 0 Å². The molecule has 2 amide bonds. The first-order chi connectivity index (χ1) is 18.4. The third-order valence-corrected chi connectivity index (χ3v) is 6.57. The number of aromatic nitrogens is 1. The predicted octanol–water partition coefficient (Wildman–Crippen LogP) is 6.81. The molecule has 0 radical (unpaired) electrons. The van der Waals surface area contributed by atoms with Crippen molar-refractivity contribution in [2.75, 3.05) is 23.9 Å². The van der Waals surface area contributed by atoms with Gasteiger partial charge in [-0.3, -0.25) is 9.69 Å². The van der Waals surface area contributed by atoms with Crippen LogP contribution in [0.15, 0.2) is 30.3 Å². The molecule has 0 fully saturated rings. The standard InChI is InChI=1S/C27H32F6N4O3/c1-7-20-13-22(24-21(8-9-23(34-24)35(5)6)37(20)25(39)40-15(2)3)36(16(4)38)14-17-10-18(26(28,29)30)12-19(11-17)27(31,32)33/h8-12,15,20,22H,7,13-14H2,1-6H3. The molecule has 7 nitrogen and oxygen atoms in total. The Morgan fingerprint density at radius 3 is 2.08 bits per heavy atom. The minimum absolute atomic E-state index is 0.0494.